The number of thiocarbonyl (C=S) groups is 1. The van der Waals surface area contributed by atoms with Gasteiger partial charge >= 0.3 is 0 Å². The van der Waals surface area contributed by atoms with Gasteiger partial charge in [-0.1, -0.05) is 12.2 Å². The van der Waals surface area contributed by atoms with Gasteiger partial charge in [0.1, 0.15) is 24.0 Å². The van der Waals surface area contributed by atoms with Crippen molar-refractivity contribution in [1.82, 2.24) is 4.90 Å². The number of hydrogen-bond acceptors (Lipinski definition) is 4. The Kier molecular flexibility index (Phi) is 4.70. The van der Waals surface area contributed by atoms with E-state index in [2.05, 4.69) is 0 Å². The van der Waals surface area contributed by atoms with Crippen molar-refractivity contribution >= 4 is 23.1 Å². The molecule has 0 saturated carbocycles. The maximum atomic E-state index is 11.5. The first-order chi connectivity index (χ1) is 9.16. The van der Waals surface area contributed by atoms with Gasteiger partial charge in [0.15, 0.2) is 0 Å². The molecule has 0 unspecified atom stereocenters. The Labute approximate surface area is 117 Å². The van der Waals surface area contributed by atoms with Crippen LogP contribution < -0.4 is 10.5 Å². The summed E-state index contributed by atoms with van der Waals surface area (Å²) in [5, 5.41) is 0. The third-order valence-electron chi connectivity index (χ3n) is 2.85. The molecule has 2 rings (SSSR count). The van der Waals surface area contributed by atoms with Crippen molar-refractivity contribution in [3.05, 3.63) is 29.8 Å². The summed E-state index contributed by atoms with van der Waals surface area (Å²) in [7, 11) is 0. The van der Waals surface area contributed by atoms with E-state index in [0.717, 1.165) is 11.3 Å². The van der Waals surface area contributed by atoms with E-state index in [1.807, 2.05) is 24.3 Å². The maximum absolute atomic E-state index is 11.5. The molecule has 1 heterocycles. The second-order valence-electron chi connectivity index (χ2n) is 4.17. The van der Waals surface area contributed by atoms with Crippen LogP contribution in [-0.4, -0.2) is 48.7 Å². The first-order valence-electron chi connectivity index (χ1n) is 6.05. The Morgan fingerprint density at radius 1 is 1.42 bits per heavy atom. The minimum absolute atomic E-state index is 0.0127. The molecule has 1 aromatic rings. The molecule has 6 heteroatoms. The zero-order valence-corrected chi connectivity index (χ0v) is 11.3. The standard InChI is InChI=1S/C13H16N2O3S/c14-13(19)10-1-3-11(4-2-10)18-8-6-15-5-7-17-9-12(15)16/h1-4H,5-9H2,(H2,14,19). The number of carbonyl (C=O) groups is 1. The molecule has 1 fully saturated rings. The van der Waals surface area contributed by atoms with Gasteiger partial charge in [0.25, 0.3) is 0 Å². The first kappa shape index (κ1) is 13.8. The Balaban J connectivity index is 1.79. The third kappa shape index (κ3) is 3.90. The highest BCUT2D eigenvalue weighted by Gasteiger charge is 2.17. The summed E-state index contributed by atoms with van der Waals surface area (Å²) in [4.78, 5) is 13.6. The largest absolute Gasteiger partial charge is 0.492 e. The molecule has 0 aromatic heterocycles. The summed E-state index contributed by atoms with van der Waals surface area (Å²) in [5.74, 6) is 0.749. The molecule has 0 bridgehead atoms. The van der Waals surface area contributed by atoms with Crippen molar-refractivity contribution in [2.45, 2.75) is 0 Å². The summed E-state index contributed by atoms with van der Waals surface area (Å²) >= 11 is 4.87. The molecule has 1 aromatic carbocycles. The fraction of sp³-hybridized carbons (Fsp3) is 0.385. The van der Waals surface area contributed by atoms with Crippen LogP contribution in [0.4, 0.5) is 0 Å². The molecule has 5 nitrogen and oxygen atoms in total. The fourth-order valence-electron chi connectivity index (χ4n) is 1.78. The van der Waals surface area contributed by atoms with Crippen LogP contribution >= 0.6 is 12.2 Å². The zero-order valence-electron chi connectivity index (χ0n) is 10.5. The highest BCUT2D eigenvalue weighted by atomic mass is 32.1. The molecular weight excluding hydrogens is 264 g/mol. The van der Waals surface area contributed by atoms with Gasteiger partial charge in [0.2, 0.25) is 5.91 Å². The van der Waals surface area contributed by atoms with Crippen LogP contribution in [0.2, 0.25) is 0 Å². The lowest BCUT2D eigenvalue weighted by molar-refractivity contribution is -0.143. The number of nitrogens with zero attached hydrogens (tertiary/aromatic N) is 1. The second kappa shape index (κ2) is 6.49. The van der Waals surface area contributed by atoms with Gasteiger partial charge in [-0.05, 0) is 24.3 Å². The van der Waals surface area contributed by atoms with E-state index in [0.29, 0.717) is 31.3 Å². The topological polar surface area (TPSA) is 64.8 Å². The molecule has 1 aliphatic heterocycles. The summed E-state index contributed by atoms with van der Waals surface area (Å²) < 4.78 is 10.6. The summed E-state index contributed by atoms with van der Waals surface area (Å²) in [6.07, 6.45) is 0. The quantitative estimate of drug-likeness (QED) is 0.798. The van der Waals surface area contributed by atoms with Crippen LogP contribution in [-0.2, 0) is 9.53 Å². The second-order valence-corrected chi connectivity index (χ2v) is 4.61. The van der Waals surface area contributed by atoms with Crippen LogP contribution in [0.25, 0.3) is 0 Å². The third-order valence-corrected chi connectivity index (χ3v) is 3.09. The highest BCUT2D eigenvalue weighted by Crippen LogP contribution is 2.12. The van der Waals surface area contributed by atoms with E-state index in [1.165, 1.54) is 0 Å². The van der Waals surface area contributed by atoms with E-state index in [-0.39, 0.29) is 12.5 Å². The minimum atomic E-state index is 0.0127. The van der Waals surface area contributed by atoms with Gasteiger partial charge < -0.3 is 20.1 Å². The van der Waals surface area contributed by atoms with Crippen molar-refractivity contribution in [1.29, 1.82) is 0 Å². The van der Waals surface area contributed by atoms with E-state index in [9.17, 15) is 4.79 Å². The number of ether oxygens (including phenoxy) is 2. The first-order valence-corrected chi connectivity index (χ1v) is 6.46. The van der Waals surface area contributed by atoms with Crippen molar-refractivity contribution in [2.75, 3.05) is 32.9 Å². The van der Waals surface area contributed by atoms with Gasteiger partial charge in [-0.2, -0.15) is 0 Å². The van der Waals surface area contributed by atoms with Crippen molar-refractivity contribution in [3.8, 4) is 5.75 Å². The van der Waals surface area contributed by atoms with Crippen LogP contribution in [0.3, 0.4) is 0 Å². The monoisotopic (exact) mass is 280 g/mol. The zero-order chi connectivity index (χ0) is 13.7. The van der Waals surface area contributed by atoms with E-state index in [4.69, 9.17) is 27.4 Å². The average Bonchev–Trinajstić information content (AvgIpc) is 2.41. The molecule has 1 aliphatic rings. The van der Waals surface area contributed by atoms with Gasteiger partial charge in [0, 0.05) is 12.1 Å². The maximum Gasteiger partial charge on any atom is 0.248 e. The Morgan fingerprint density at radius 2 is 2.16 bits per heavy atom. The van der Waals surface area contributed by atoms with Crippen LogP contribution in [0.1, 0.15) is 5.56 Å². The van der Waals surface area contributed by atoms with Gasteiger partial charge in [-0.15, -0.1) is 0 Å². The lowest BCUT2D eigenvalue weighted by Gasteiger charge is -2.26. The van der Waals surface area contributed by atoms with E-state index >= 15 is 0 Å². The molecular formula is C13H16N2O3S. The highest BCUT2D eigenvalue weighted by molar-refractivity contribution is 7.80. The summed E-state index contributed by atoms with van der Waals surface area (Å²) in [6.45, 7) is 2.41. The minimum Gasteiger partial charge on any atom is -0.492 e. The molecule has 102 valence electrons. The lowest BCUT2D eigenvalue weighted by atomic mass is 10.2. The molecule has 0 radical (unpaired) electrons. The van der Waals surface area contributed by atoms with Crippen LogP contribution in [0.5, 0.6) is 5.75 Å². The van der Waals surface area contributed by atoms with Crippen molar-refractivity contribution in [2.24, 2.45) is 5.73 Å². The van der Waals surface area contributed by atoms with Crippen molar-refractivity contribution in [3.63, 3.8) is 0 Å². The Bertz CT molecular complexity index is 461. The number of benzene rings is 1. The van der Waals surface area contributed by atoms with Gasteiger partial charge in [-0.3, -0.25) is 4.79 Å². The predicted molar refractivity (Wildman–Crippen MR) is 75.2 cm³/mol. The van der Waals surface area contributed by atoms with Crippen molar-refractivity contribution < 1.29 is 14.3 Å². The van der Waals surface area contributed by atoms with E-state index < -0.39 is 0 Å². The SMILES string of the molecule is NC(=S)c1ccc(OCCN2CCOCC2=O)cc1. The number of carbonyl (C=O) groups excluding carboxylic acids is 1. The molecule has 1 saturated heterocycles. The number of nitrogens with two attached hydrogens (primary N) is 1. The number of morpholine rings is 1. The number of rotatable bonds is 5. The Hall–Kier alpha value is -1.66. The van der Waals surface area contributed by atoms with Gasteiger partial charge in [-0.25, -0.2) is 0 Å². The molecule has 2 N–H and O–H groups in total. The van der Waals surface area contributed by atoms with Crippen LogP contribution in [0.15, 0.2) is 24.3 Å². The van der Waals surface area contributed by atoms with E-state index in [1.54, 1.807) is 4.90 Å². The molecule has 19 heavy (non-hydrogen) atoms. The molecule has 0 aliphatic carbocycles. The normalized spacial score (nSPS) is 15.4. The summed E-state index contributed by atoms with van der Waals surface area (Å²) in [5.41, 5.74) is 6.32. The number of hydrogen-bond donors (Lipinski definition) is 1. The number of amides is 1. The smallest absolute Gasteiger partial charge is 0.248 e. The molecule has 0 spiro atoms. The fourth-order valence-corrected chi connectivity index (χ4v) is 1.91. The average molecular weight is 280 g/mol. The Morgan fingerprint density at radius 3 is 2.79 bits per heavy atom. The molecule has 1 amide bonds. The lowest BCUT2D eigenvalue weighted by Crippen LogP contribution is -2.43. The van der Waals surface area contributed by atoms with Gasteiger partial charge in [0.05, 0.1) is 13.2 Å². The summed E-state index contributed by atoms with van der Waals surface area (Å²) in [6, 6.07) is 7.26. The predicted octanol–water partition coefficient (Wildman–Crippen LogP) is 0.558. The molecule has 0 atom stereocenters. The van der Waals surface area contributed by atoms with Crippen LogP contribution in [0, 0.1) is 0 Å².